The van der Waals surface area contributed by atoms with Crippen LogP contribution in [0.5, 0.6) is 11.5 Å². The zero-order chi connectivity index (χ0) is 21.7. The zero-order valence-corrected chi connectivity index (χ0v) is 18.8. The van der Waals surface area contributed by atoms with Crippen molar-refractivity contribution < 1.29 is 14.3 Å². The molecule has 1 aliphatic heterocycles. The minimum absolute atomic E-state index is 0.0831. The molecule has 0 saturated carbocycles. The average Bonchev–Trinajstić information content (AvgIpc) is 3.26. The molecule has 1 saturated heterocycles. The molecule has 0 radical (unpaired) electrons. The summed E-state index contributed by atoms with van der Waals surface area (Å²) in [5.41, 5.74) is 3.62. The van der Waals surface area contributed by atoms with Gasteiger partial charge < -0.3 is 19.7 Å². The molecule has 1 fully saturated rings. The summed E-state index contributed by atoms with van der Waals surface area (Å²) in [6.45, 7) is 7.61. The Morgan fingerprint density at radius 1 is 1.03 bits per heavy atom. The first-order valence-corrected chi connectivity index (χ1v) is 10.8. The topological polar surface area (TPSA) is 50.8 Å². The summed E-state index contributed by atoms with van der Waals surface area (Å²) in [6, 6.07) is 14.8. The van der Waals surface area contributed by atoms with Crippen LogP contribution in [0.1, 0.15) is 68.3 Å². The van der Waals surface area contributed by atoms with Gasteiger partial charge in [0.25, 0.3) is 0 Å². The monoisotopic (exact) mass is 410 g/mol. The molecule has 1 aliphatic rings. The summed E-state index contributed by atoms with van der Waals surface area (Å²) in [5.74, 6) is 2.06. The van der Waals surface area contributed by atoms with E-state index in [0.717, 1.165) is 24.9 Å². The van der Waals surface area contributed by atoms with E-state index >= 15 is 0 Å². The smallest absolute Gasteiger partial charge is 0.237 e. The third-order valence-corrected chi connectivity index (χ3v) is 6.03. The summed E-state index contributed by atoms with van der Waals surface area (Å²) in [4.78, 5) is 15.0. The summed E-state index contributed by atoms with van der Waals surface area (Å²) in [6.07, 6.45) is 1.98. The number of benzene rings is 2. The fourth-order valence-electron chi connectivity index (χ4n) is 4.10. The molecule has 30 heavy (non-hydrogen) atoms. The highest BCUT2D eigenvalue weighted by Gasteiger charge is 2.30. The molecule has 1 heterocycles. The van der Waals surface area contributed by atoms with Crippen LogP contribution in [0.25, 0.3) is 0 Å². The minimum atomic E-state index is 0.0831. The van der Waals surface area contributed by atoms with E-state index in [9.17, 15) is 4.79 Å². The highest BCUT2D eigenvalue weighted by Crippen LogP contribution is 2.36. The number of hydrogen-bond acceptors (Lipinski definition) is 4. The lowest BCUT2D eigenvalue weighted by Gasteiger charge is -2.26. The number of rotatable bonds is 8. The summed E-state index contributed by atoms with van der Waals surface area (Å²) in [5, 5.41) is 3.40. The number of ether oxygens (including phenoxy) is 2. The molecular formula is C25H34N2O3. The Morgan fingerprint density at radius 2 is 1.70 bits per heavy atom. The molecule has 1 amide bonds. The normalized spacial score (nSPS) is 17.3. The summed E-state index contributed by atoms with van der Waals surface area (Å²) in [7, 11) is 3.27. The first kappa shape index (κ1) is 22.2. The molecule has 5 heteroatoms. The van der Waals surface area contributed by atoms with Gasteiger partial charge >= 0.3 is 0 Å². The molecule has 2 aromatic rings. The molecular weight excluding hydrogens is 376 g/mol. The van der Waals surface area contributed by atoms with Gasteiger partial charge in [0.2, 0.25) is 5.91 Å². The van der Waals surface area contributed by atoms with E-state index in [1.807, 2.05) is 23.1 Å². The van der Waals surface area contributed by atoms with Crippen LogP contribution in [-0.4, -0.2) is 38.1 Å². The van der Waals surface area contributed by atoms with Crippen molar-refractivity contribution in [2.75, 3.05) is 27.3 Å². The molecule has 0 spiro atoms. The van der Waals surface area contributed by atoms with Crippen LogP contribution in [0.3, 0.4) is 0 Å². The molecule has 162 valence electrons. The van der Waals surface area contributed by atoms with E-state index in [2.05, 4.69) is 50.4 Å². The number of hydrogen-bond donors (Lipinski definition) is 1. The standard InChI is InChI=1S/C25H34N2O3/c1-17(2)19-8-10-20(11-9-19)18(3)26-16-25(28)27-14-6-7-22(27)21-12-13-23(29-4)24(15-21)30-5/h8-13,15,17-18,22,26H,6-7,14,16H2,1-5H3. The average molecular weight is 411 g/mol. The molecule has 0 bridgehead atoms. The maximum atomic E-state index is 13.0. The highest BCUT2D eigenvalue weighted by molar-refractivity contribution is 5.79. The summed E-state index contributed by atoms with van der Waals surface area (Å²) >= 11 is 0. The summed E-state index contributed by atoms with van der Waals surface area (Å²) < 4.78 is 10.8. The van der Waals surface area contributed by atoms with Gasteiger partial charge in [-0.15, -0.1) is 0 Å². The van der Waals surface area contributed by atoms with Gasteiger partial charge in [0.1, 0.15) is 0 Å². The molecule has 2 unspecified atom stereocenters. The van der Waals surface area contributed by atoms with Gasteiger partial charge in [-0.05, 0) is 54.5 Å². The fraction of sp³-hybridized carbons (Fsp3) is 0.480. The molecule has 3 rings (SSSR count). The van der Waals surface area contributed by atoms with Crippen molar-refractivity contribution in [2.24, 2.45) is 0 Å². The molecule has 5 nitrogen and oxygen atoms in total. The first-order valence-electron chi connectivity index (χ1n) is 10.8. The number of nitrogens with one attached hydrogen (secondary N) is 1. The number of likely N-dealkylation sites (tertiary alicyclic amines) is 1. The quantitative estimate of drug-likeness (QED) is 0.676. The van der Waals surface area contributed by atoms with Crippen LogP contribution in [0.15, 0.2) is 42.5 Å². The molecule has 0 aliphatic carbocycles. The second-order valence-electron chi connectivity index (χ2n) is 8.28. The maximum Gasteiger partial charge on any atom is 0.237 e. The maximum absolute atomic E-state index is 13.0. The number of carbonyl (C=O) groups excluding carboxylic acids is 1. The minimum Gasteiger partial charge on any atom is -0.493 e. The number of carbonyl (C=O) groups is 1. The van der Waals surface area contributed by atoms with Gasteiger partial charge in [-0.2, -0.15) is 0 Å². The predicted octanol–water partition coefficient (Wildman–Crippen LogP) is 4.84. The van der Waals surface area contributed by atoms with Gasteiger partial charge in [-0.25, -0.2) is 0 Å². The molecule has 1 N–H and O–H groups in total. The van der Waals surface area contributed by atoms with Crippen molar-refractivity contribution in [1.82, 2.24) is 10.2 Å². The Balaban J connectivity index is 1.63. The van der Waals surface area contributed by atoms with Crippen molar-refractivity contribution in [3.63, 3.8) is 0 Å². The van der Waals surface area contributed by atoms with Crippen molar-refractivity contribution in [3.05, 3.63) is 59.2 Å². The van der Waals surface area contributed by atoms with Crippen molar-refractivity contribution in [3.8, 4) is 11.5 Å². The SMILES string of the molecule is COc1ccc(C2CCCN2C(=O)CNC(C)c2ccc(C(C)C)cc2)cc1OC. The van der Waals surface area contributed by atoms with Gasteiger partial charge in [0.05, 0.1) is 26.8 Å². The van der Waals surface area contributed by atoms with E-state index < -0.39 is 0 Å². The predicted molar refractivity (Wildman–Crippen MR) is 120 cm³/mol. The van der Waals surface area contributed by atoms with Gasteiger partial charge in [0, 0.05) is 12.6 Å². The molecule has 0 aromatic heterocycles. The Hall–Kier alpha value is -2.53. The highest BCUT2D eigenvalue weighted by atomic mass is 16.5. The Morgan fingerprint density at radius 3 is 2.33 bits per heavy atom. The van der Waals surface area contributed by atoms with Crippen molar-refractivity contribution in [2.45, 2.75) is 51.6 Å². The fourth-order valence-corrected chi connectivity index (χ4v) is 4.10. The van der Waals surface area contributed by atoms with E-state index in [1.165, 1.54) is 11.1 Å². The Labute approximate surface area is 180 Å². The van der Waals surface area contributed by atoms with E-state index in [0.29, 0.717) is 24.0 Å². The van der Waals surface area contributed by atoms with Crippen molar-refractivity contribution in [1.29, 1.82) is 0 Å². The second kappa shape index (κ2) is 9.98. The number of methoxy groups -OCH3 is 2. The van der Waals surface area contributed by atoms with Crippen LogP contribution in [0.2, 0.25) is 0 Å². The van der Waals surface area contributed by atoms with Crippen LogP contribution in [0, 0.1) is 0 Å². The lowest BCUT2D eigenvalue weighted by Crippen LogP contribution is -2.38. The van der Waals surface area contributed by atoms with E-state index in [1.54, 1.807) is 14.2 Å². The Bertz CT molecular complexity index is 848. The number of amides is 1. The van der Waals surface area contributed by atoms with E-state index in [4.69, 9.17) is 9.47 Å². The molecule has 2 atom stereocenters. The van der Waals surface area contributed by atoms with Crippen LogP contribution in [-0.2, 0) is 4.79 Å². The van der Waals surface area contributed by atoms with E-state index in [-0.39, 0.29) is 18.0 Å². The Kier molecular flexibility index (Phi) is 7.38. The second-order valence-corrected chi connectivity index (χ2v) is 8.28. The third-order valence-electron chi connectivity index (χ3n) is 6.03. The zero-order valence-electron chi connectivity index (χ0n) is 18.8. The third kappa shape index (κ3) is 4.96. The largest absolute Gasteiger partial charge is 0.493 e. The first-order chi connectivity index (χ1) is 14.4. The molecule has 2 aromatic carbocycles. The lowest BCUT2D eigenvalue weighted by atomic mass is 9.99. The lowest BCUT2D eigenvalue weighted by molar-refractivity contribution is -0.131. The number of nitrogens with zero attached hydrogens (tertiary/aromatic N) is 1. The van der Waals surface area contributed by atoms with Crippen LogP contribution in [0.4, 0.5) is 0 Å². The van der Waals surface area contributed by atoms with Crippen LogP contribution < -0.4 is 14.8 Å². The van der Waals surface area contributed by atoms with Crippen molar-refractivity contribution >= 4 is 5.91 Å². The van der Waals surface area contributed by atoms with Crippen LogP contribution >= 0.6 is 0 Å². The van der Waals surface area contributed by atoms with Gasteiger partial charge in [0.15, 0.2) is 11.5 Å². The van der Waals surface area contributed by atoms with Gasteiger partial charge in [-0.3, -0.25) is 4.79 Å². The van der Waals surface area contributed by atoms with Gasteiger partial charge in [-0.1, -0.05) is 44.2 Å².